The van der Waals surface area contributed by atoms with Crippen molar-refractivity contribution in [2.24, 2.45) is 0 Å². The van der Waals surface area contributed by atoms with Gasteiger partial charge < -0.3 is 14.8 Å². The van der Waals surface area contributed by atoms with Gasteiger partial charge in [-0.25, -0.2) is 9.18 Å². The molecule has 1 aromatic carbocycles. The molecule has 0 aliphatic rings. The highest BCUT2D eigenvalue weighted by atomic mass is 19.1. The number of ether oxygens (including phenoxy) is 2. The Kier molecular flexibility index (Phi) is 8.34. The molecule has 2 amide bonds. The van der Waals surface area contributed by atoms with E-state index in [0.717, 1.165) is 25.3 Å². The van der Waals surface area contributed by atoms with E-state index >= 15 is 0 Å². The van der Waals surface area contributed by atoms with E-state index in [0.29, 0.717) is 12.3 Å². The van der Waals surface area contributed by atoms with Gasteiger partial charge in [-0.2, -0.15) is 0 Å². The fourth-order valence-electron chi connectivity index (χ4n) is 1.93. The Morgan fingerprint density at radius 3 is 2.52 bits per heavy atom. The number of nitrogens with one attached hydrogen (secondary N) is 2. The lowest BCUT2D eigenvalue weighted by Crippen LogP contribution is -2.27. The van der Waals surface area contributed by atoms with Crippen molar-refractivity contribution in [3.63, 3.8) is 0 Å². The summed E-state index contributed by atoms with van der Waals surface area (Å²) < 4.78 is 24.2. The zero-order chi connectivity index (χ0) is 18.9. The van der Waals surface area contributed by atoms with Crippen molar-refractivity contribution < 1.29 is 23.5 Å². The lowest BCUT2D eigenvalue weighted by Gasteiger charge is -2.20. The minimum atomic E-state index is -0.769. The molecular weight excluding hydrogens is 327 g/mol. The Bertz CT molecular complexity index is 585. The maximum Gasteiger partial charge on any atom is 0.412 e. The summed E-state index contributed by atoms with van der Waals surface area (Å²) >= 11 is 0. The molecule has 2 N–H and O–H groups in total. The SMILES string of the molecule is CCCCCOCC(=O)Nc1ccc(F)c(NC(=O)OC(C)(C)C)c1. The van der Waals surface area contributed by atoms with Crippen molar-refractivity contribution in [2.45, 2.75) is 52.6 Å². The number of benzene rings is 1. The summed E-state index contributed by atoms with van der Waals surface area (Å²) in [7, 11) is 0. The van der Waals surface area contributed by atoms with Crippen LogP contribution in [0.5, 0.6) is 0 Å². The number of rotatable bonds is 8. The van der Waals surface area contributed by atoms with Crippen LogP contribution < -0.4 is 10.6 Å². The predicted molar refractivity (Wildman–Crippen MR) is 95.2 cm³/mol. The zero-order valence-corrected chi connectivity index (χ0v) is 15.3. The van der Waals surface area contributed by atoms with Crippen LogP contribution in [0.4, 0.5) is 20.6 Å². The molecule has 1 rings (SSSR count). The fourth-order valence-corrected chi connectivity index (χ4v) is 1.93. The van der Waals surface area contributed by atoms with E-state index in [1.54, 1.807) is 20.8 Å². The van der Waals surface area contributed by atoms with Gasteiger partial charge in [0.15, 0.2) is 0 Å². The van der Waals surface area contributed by atoms with Crippen LogP contribution in [0.25, 0.3) is 0 Å². The average molecular weight is 354 g/mol. The van der Waals surface area contributed by atoms with Crippen molar-refractivity contribution in [1.29, 1.82) is 0 Å². The number of halogens is 1. The smallest absolute Gasteiger partial charge is 0.412 e. The second-order valence-electron chi connectivity index (χ2n) is 6.63. The van der Waals surface area contributed by atoms with Gasteiger partial charge in [0.1, 0.15) is 18.0 Å². The van der Waals surface area contributed by atoms with E-state index < -0.39 is 17.5 Å². The highest BCUT2D eigenvalue weighted by molar-refractivity contribution is 5.93. The minimum Gasteiger partial charge on any atom is -0.444 e. The first-order chi connectivity index (χ1) is 11.7. The molecule has 6 nitrogen and oxygen atoms in total. The van der Waals surface area contributed by atoms with Crippen LogP contribution in [-0.4, -0.2) is 30.8 Å². The molecule has 0 aromatic heterocycles. The zero-order valence-electron chi connectivity index (χ0n) is 15.3. The van der Waals surface area contributed by atoms with Crippen LogP contribution in [0, 0.1) is 5.82 Å². The van der Waals surface area contributed by atoms with Gasteiger partial charge in [0.05, 0.1) is 5.69 Å². The Morgan fingerprint density at radius 1 is 1.16 bits per heavy atom. The molecule has 0 bridgehead atoms. The second-order valence-corrected chi connectivity index (χ2v) is 6.63. The lowest BCUT2D eigenvalue weighted by atomic mass is 10.2. The molecule has 7 heteroatoms. The first kappa shape index (κ1) is 20.9. The average Bonchev–Trinajstić information content (AvgIpc) is 2.48. The summed E-state index contributed by atoms with van der Waals surface area (Å²) in [6.45, 7) is 7.66. The van der Waals surface area contributed by atoms with Crippen molar-refractivity contribution in [3.8, 4) is 0 Å². The van der Waals surface area contributed by atoms with Gasteiger partial charge in [-0.15, -0.1) is 0 Å². The van der Waals surface area contributed by atoms with Crippen molar-refractivity contribution in [3.05, 3.63) is 24.0 Å². The van der Waals surface area contributed by atoms with E-state index in [9.17, 15) is 14.0 Å². The molecular formula is C18H27FN2O4. The number of hydrogen-bond donors (Lipinski definition) is 2. The van der Waals surface area contributed by atoms with Gasteiger partial charge >= 0.3 is 6.09 Å². The van der Waals surface area contributed by atoms with Crippen molar-refractivity contribution in [1.82, 2.24) is 0 Å². The molecule has 25 heavy (non-hydrogen) atoms. The number of unbranched alkanes of at least 4 members (excludes halogenated alkanes) is 2. The monoisotopic (exact) mass is 354 g/mol. The Balaban J connectivity index is 2.56. The molecule has 140 valence electrons. The van der Waals surface area contributed by atoms with Gasteiger partial charge in [0.2, 0.25) is 5.91 Å². The Morgan fingerprint density at radius 2 is 1.88 bits per heavy atom. The third kappa shape index (κ3) is 9.05. The lowest BCUT2D eigenvalue weighted by molar-refractivity contribution is -0.120. The number of hydrogen-bond acceptors (Lipinski definition) is 4. The molecule has 0 spiro atoms. The molecule has 0 atom stereocenters. The topological polar surface area (TPSA) is 76.7 Å². The first-order valence-electron chi connectivity index (χ1n) is 8.38. The highest BCUT2D eigenvalue weighted by Crippen LogP contribution is 2.20. The summed E-state index contributed by atoms with van der Waals surface area (Å²) in [6.07, 6.45) is 2.27. The van der Waals surface area contributed by atoms with Gasteiger partial charge in [-0.1, -0.05) is 19.8 Å². The normalized spacial score (nSPS) is 11.1. The first-order valence-corrected chi connectivity index (χ1v) is 8.38. The van der Waals surface area contributed by atoms with Gasteiger partial charge in [0.25, 0.3) is 0 Å². The molecule has 0 aliphatic carbocycles. The van der Waals surface area contributed by atoms with Crippen LogP contribution in [0.3, 0.4) is 0 Å². The van der Waals surface area contributed by atoms with Crippen LogP contribution in [0.15, 0.2) is 18.2 Å². The third-order valence-electron chi connectivity index (χ3n) is 3.01. The molecule has 0 unspecified atom stereocenters. The van der Waals surface area contributed by atoms with Crippen LogP contribution >= 0.6 is 0 Å². The summed E-state index contributed by atoms with van der Waals surface area (Å²) in [5.74, 6) is -0.967. The van der Waals surface area contributed by atoms with E-state index in [1.165, 1.54) is 12.1 Å². The van der Waals surface area contributed by atoms with Gasteiger partial charge in [-0.05, 0) is 45.4 Å². The number of amides is 2. The molecule has 0 heterocycles. The molecule has 0 aliphatic heterocycles. The number of anilines is 2. The van der Waals surface area contributed by atoms with E-state index in [2.05, 4.69) is 17.6 Å². The number of carbonyl (C=O) groups is 2. The third-order valence-corrected chi connectivity index (χ3v) is 3.01. The van der Waals surface area contributed by atoms with Crippen molar-refractivity contribution >= 4 is 23.4 Å². The fraction of sp³-hybridized carbons (Fsp3) is 0.556. The number of carbonyl (C=O) groups excluding carboxylic acids is 2. The van der Waals surface area contributed by atoms with E-state index in [4.69, 9.17) is 9.47 Å². The molecule has 0 saturated carbocycles. The highest BCUT2D eigenvalue weighted by Gasteiger charge is 2.17. The Labute approximate surface area is 148 Å². The summed E-state index contributed by atoms with van der Waals surface area (Å²) in [4.78, 5) is 23.5. The molecule has 1 aromatic rings. The molecule has 0 saturated heterocycles. The van der Waals surface area contributed by atoms with E-state index in [-0.39, 0.29) is 18.2 Å². The van der Waals surface area contributed by atoms with Crippen LogP contribution in [-0.2, 0) is 14.3 Å². The Hall–Kier alpha value is -2.15. The summed E-state index contributed by atoms with van der Waals surface area (Å²) in [6, 6.07) is 3.89. The van der Waals surface area contributed by atoms with Gasteiger partial charge in [-0.3, -0.25) is 10.1 Å². The quantitative estimate of drug-likeness (QED) is 0.682. The van der Waals surface area contributed by atoms with Crippen LogP contribution in [0.1, 0.15) is 47.0 Å². The standard InChI is InChI=1S/C18H27FN2O4/c1-5-6-7-10-24-12-16(22)20-13-8-9-14(19)15(11-13)21-17(23)25-18(2,3)4/h8-9,11H,5-7,10,12H2,1-4H3,(H,20,22)(H,21,23). The molecule has 0 fully saturated rings. The second kappa shape index (κ2) is 9.98. The largest absolute Gasteiger partial charge is 0.444 e. The van der Waals surface area contributed by atoms with Gasteiger partial charge in [0, 0.05) is 12.3 Å². The molecule has 0 radical (unpaired) electrons. The maximum absolute atomic E-state index is 13.8. The predicted octanol–water partition coefficient (Wildman–Crippen LogP) is 4.32. The summed E-state index contributed by atoms with van der Waals surface area (Å²) in [5, 5.41) is 4.93. The maximum atomic E-state index is 13.8. The summed E-state index contributed by atoms with van der Waals surface area (Å²) in [5.41, 5.74) is -0.410. The van der Waals surface area contributed by atoms with Crippen LogP contribution in [0.2, 0.25) is 0 Å². The minimum absolute atomic E-state index is 0.0732. The van der Waals surface area contributed by atoms with Crippen molar-refractivity contribution in [2.75, 3.05) is 23.8 Å². The van der Waals surface area contributed by atoms with E-state index in [1.807, 2.05) is 0 Å².